The van der Waals surface area contributed by atoms with Crippen molar-refractivity contribution in [2.45, 2.75) is 51.6 Å². The Labute approximate surface area is 149 Å². The second-order valence-corrected chi connectivity index (χ2v) is 7.49. The minimum Gasteiger partial charge on any atom is -0.497 e. The van der Waals surface area contributed by atoms with Crippen LogP contribution in [-0.2, 0) is 16.1 Å². The smallest absolute Gasteiger partial charge is 0.225 e. The fourth-order valence-electron chi connectivity index (χ4n) is 3.78. The van der Waals surface area contributed by atoms with Gasteiger partial charge in [0, 0.05) is 25.6 Å². The number of hydrogen-bond acceptors (Lipinski definition) is 3. The molecule has 1 aromatic carbocycles. The lowest BCUT2D eigenvalue weighted by atomic mass is 9.87. The van der Waals surface area contributed by atoms with Crippen LogP contribution in [0.3, 0.4) is 0 Å². The van der Waals surface area contributed by atoms with Crippen LogP contribution in [0.1, 0.15) is 44.6 Å². The first-order valence-corrected chi connectivity index (χ1v) is 9.26. The number of amides is 2. The molecule has 1 aromatic rings. The van der Waals surface area contributed by atoms with Crippen molar-refractivity contribution in [1.82, 2.24) is 10.2 Å². The summed E-state index contributed by atoms with van der Waals surface area (Å²) in [6.07, 6.45) is 4.80. The Kier molecular flexibility index (Phi) is 5.61. The molecule has 0 aromatic heterocycles. The highest BCUT2D eigenvalue weighted by Crippen LogP contribution is 2.25. The number of ether oxygens (including phenoxy) is 1. The summed E-state index contributed by atoms with van der Waals surface area (Å²) in [5.74, 6) is 1.46. The molecule has 3 rings (SSSR count). The molecule has 0 spiro atoms. The molecule has 5 nitrogen and oxygen atoms in total. The van der Waals surface area contributed by atoms with Crippen LogP contribution in [0.25, 0.3) is 0 Å². The topological polar surface area (TPSA) is 58.6 Å². The van der Waals surface area contributed by atoms with E-state index < -0.39 is 0 Å². The maximum atomic E-state index is 12.5. The number of benzene rings is 1. The standard InChI is InChI=1S/C20H28N2O3/c1-14-3-7-17(8-4-14)21-20(24)16-11-19(23)22(13-16)12-15-5-9-18(25-2)10-6-15/h5-6,9-10,14,16-17H,3-4,7-8,11-13H2,1-2H3,(H,21,24). The SMILES string of the molecule is COc1ccc(CN2CC(C(=O)NC3CCC(C)CC3)CC2=O)cc1. The molecule has 25 heavy (non-hydrogen) atoms. The van der Waals surface area contributed by atoms with Crippen molar-refractivity contribution in [1.29, 1.82) is 0 Å². The van der Waals surface area contributed by atoms with Gasteiger partial charge in [-0.3, -0.25) is 9.59 Å². The fourth-order valence-corrected chi connectivity index (χ4v) is 3.78. The summed E-state index contributed by atoms with van der Waals surface area (Å²) < 4.78 is 5.15. The van der Waals surface area contributed by atoms with Gasteiger partial charge in [0.1, 0.15) is 5.75 Å². The van der Waals surface area contributed by atoms with Crippen LogP contribution >= 0.6 is 0 Å². The molecule has 0 bridgehead atoms. The fraction of sp³-hybridized carbons (Fsp3) is 0.600. The summed E-state index contributed by atoms with van der Waals surface area (Å²) in [5, 5.41) is 3.17. The van der Waals surface area contributed by atoms with E-state index in [0.29, 0.717) is 19.5 Å². The van der Waals surface area contributed by atoms with Gasteiger partial charge < -0.3 is 15.0 Å². The lowest BCUT2D eigenvalue weighted by Crippen LogP contribution is -2.41. The average molecular weight is 344 g/mol. The van der Waals surface area contributed by atoms with Crippen LogP contribution in [0.2, 0.25) is 0 Å². The average Bonchev–Trinajstić information content (AvgIpc) is 2.98. The van der Waals surface area contributed by atoms with Crippen molar-refractivity contribution < 1.29 is 14.3 Å². The highest BCUT2D eigenvalue weighted by atomic mass is 16.5. The van der Waals surface area contributed by atoms with Crippen molar-refractivity contribution in [3.05, 3.63) is 29.8 Å². The number of carbonyl (C=O) groups excluding carboxylic acids is 2. The maximum absolute atomic E-state index is 12.5. The number of rotatable bonds is 5. The molecule has 5 heteroatoms. The first-order chi connectivity index (χ1) is 12.0. The van der Waals surface area contributed by atoms with E-state index in [0.717, 1.165) is 30.1 Å². The summed E-state index contributed by atoms with van der Waals surface area (Å²) in [4.78, 5) is 26.6. The van der Waals surface area contributed by atoms with Gasteiger partial charge in [0.2, 0.25) is 11.8 Å². The van der Waals surface area contributed by atoms with Gasteiger partial charge >= 0.3 is 0 Å². The highest BCUT2D eigenvalue weighted by Gasteiger charge is 2.35. The van der Waals surface area contributed by atoms with Crippen molar-refractivity contribution >= 4 is 11.8 Å². The van der Waals surface area contributed by atoms with Gasteiger partial charge in [-0.15, -0.1) is 0 Å². The Morgan fingerprint density at radius 2 is 1.88 bits per heavy atom. The number of carbonyl (C=O) groups is 2. The Hall–Kier alpha value is -2.04. The lowest BCUT2D eigenvalue weighted by molar-refractivity contribution is -0.129. The lowest BCUT2D eigenvalue weighted by Gasteiger charge is -2.27. The summed E-state index contributed by atoms with van der Waals surface area (Å²) in [6.45, 7) is 3.33. The van der Waals surface area contributed by atoms with Crippen LogP contribution in [0, 0.1) is 11.8 Å². The normalized spacial score (nSPS) is 26.6. The van der Waals surface area contributed by atoms with Gasteiger partial charge in [0.05, 0.1) is 13.0 Å². The Morgan fingerprint density at radius 3 is 2.52 bits per heavy atom. The van der Waals surface area contributed by atoms with Gasteiger partial charge in [-0.1, -0.05) is 19.1 Å². The van der Waals surface area contributed by atoms with E-state index in [1.54, 1.807) is 12.0 Å². The summed E-state index contributed by atoms with van der Waals surface area (Å²) in [7, 11) is 1.63. The summed E-state index contributed by atoms with van der Waals surface area (Å²) in [6, 6.07) is 7.99. The Balaban J connectivity index is 1.51. The molecule has 1 saturated carbocycles. The Morgan fingerprint density at radius 1 is 1.20 bits per heavy atom. The van der Waals surface area contributed by atoms with Crippen molar-refractivity contribution in [3.8, 4) is 5.75 Å². The minimum atomic E-state index is -0.218. The quantitative estimate of drug-likeness (QED) is 0.893. The predicted molar refractivity (Wildman–Crippen MR) is 96.1 cm³/mol. The van der Waals surface area contributed by atoms with E-state index in [1.165, 1.54) is 12.8 Å². The molecule has 1 N–H and O–H groups in total. The number of nitrogens with zero attached hydrogens (tertiary/aromatic N) is 1. The van der Waals surface area contributed by atoms with Gasteiger partial charge in [-0.05, 0) is 49.3 Å². The summed E-state index contributed by atoms with van der Waals surface area (Å²) >= 11 is 0. The van der Waals surface area contributed by atoms with Crippen molar-refractivity contribution in [2.75, 3.05) is 13.7 Å². The van der Waals surface area contributed by atoms with Crippen molar-refractivity contribution in [2.24, 2.45) is 11.8 Å². The minimum absolute atomic E-state index is 0.0464. The summed E-state index contributed by atoms with van der Waals surface area (Å²) in [5.41, 5.74) is 1.05. The van der Waals surface area contributed by atoms with E-state index >= 15 is 0 Å². The third-order valence-corrected chi connectivity index (χ3v) is 5.48. The molecular weight excluding hydrogens is 316 g/mol. The molecule has 1 saturated heterocycles. The van der Waals surface area contributed by atoms with Gasteiger partial charge in [0.15, 0.2) is 0 Å². The van der Waals surface area contributed by atoms with Crippen molar-refractivity contribution in [3.63, 3.8) is 0 Å². The van der Waals surface area contributed by atoms with E-state index in [1.807, 2.05) is 24.3 Å². The molecule has 1 unspecified atom stereocenters. The number of hydrogen-bond donors (Lipinski definition) is 1. The molecule has 0 radical (unpaired) electrons. The van der Waals surface area contributed by atoms with E-state index in [9.17, 15) is 9.59 Å². The highest BCUT2D eigenvalue weighted by molar-refractivity contribution is 5.89. The molecule has 1 aliphatic heterocycles. The molecule has 2 fully saturated rings. The molecule has 1 heterocycles. The van der Waals surface area contributed by atoms with Crippen LogP contribution < -0.4 is 10.1 Å². The second-order valence-electron chi connectivity index (χ2n) is 7.49. The third-order valence-electron chi connectivity index (χ3n) is 5.48. The van der Waals surface area contributed by atoms with Crippen LogP contribution in [0.5, 0.6) is 5.75 Å². The second kappa shape index (κ2) is 7.89. The molecule has 2 amide bonds. The Bertz CT molecular complexity index is 606. The molecular formula is C20H28N2O3. The third kappa shape index (κ3) is 4.53. The number of methoxy groups -OCH3 is 1. The van der Waals surface area contributed by atoms with E-state index in [-0.39, 0.29) is 23.8 Å². The molecule has 1 aliphatic carbocycles. The zero-order valence-electron chi connectivity index (χ0n) is 15.2. The van der Waals surface area contributed by atoms with Gasteiger partial charge in [0.25, 0.3) is 0 Å². The predicted octanol–water partition coefficient (Wildman–Crippen LogP) is 2.74. The first-order valence-electron chi connectivity index (χ1n) is 9.26. The van der Waals surface area contributed by atoms with E-state index in [4.69, 9.17) is 4.74 Å². The maximum Gasteiger partial charge on any atom is 0.225 e. The van der Waals surface area contributed by atoms with Gasteiger partial charge in [-0.25, -0.2) is 0 Å². The largest absolute Gasteiger partial charge is 0.497 e. The monoisotopic (exact) mass is 344 g/mol. The van der Waals surface area contributed by atoms with Crippen LogP contribution in [-0.4, -0.2) is 36.4 Å². The zero-order valence-corrected chi connectivity index (χ0v) is 15.2. The molecule has 136 valence electrons. The zero-order chi connectivity index (χ0) is 17.8. The van der Waals surface area contributed by atoms with E-state index in [2.05, 4.69) is 12.2 Å². The van der Waals surface area contributed by atoms with Crippen LogP contribution in [0.15, 0.2) is 24.3 Å². The first kappa shape index (κ1) is 17.8. The number of likely N-dealkylation sites (tertiary alicyclic amines) is 1. The number of nitrogens with one attached hydrogen (secondary N) is 1. The van der Waals surface area contributed by atoms with Gasteiger partial charge in [-0.2, -0.15) is 0 Å². The molecule has 1 atom stereocenters. The molecule has 2 aliphatic rings. The van der Waals surface area contributed by atoms with Crippen LogP contribution in [0.4, 0.5) is 0 Å².